The second-order valence-corrected chi connectivity index (χ2v) is 12.4. The minimum Gasteiger partial charge on any atom is -0.390 e. The lowest BCUT2D eigenvalue weighted by molar-refractivity contribution is -0.218. The summed E-state index contributed by atoms with van der Waals surface area (Å²) in [6.07, 6.45) is 6.52. The molecule has 1 heterocycles. The zero-order valence-corrected chi connectivity index (χ0v) is 21.4. The van der Waals surface area contributed by atoms with Gasteiger partial charge in [-0.2, -0.15) is 0 Å². The summed E-state index contributed by atoms with van der Waals surface area (Å²) >= 11 is 1.42. The highest BCUT2D eigenvalue weighted by Crippen LogP contribution is 2.70. The number of alkyl halides is 1. The van der Waals surface area contributed by atoms with Crippen LogP contribution in [0.15, 0.2) is 48.2 Å². The molecule has 0 amide bonds. The number of pyridine rings is 1. The van der Waals surface area contributed by atoms with E-state index in [9.17, 15) is 19.8 Å². The van der Waals surface area contributed by atoms with Crippen LogP contribution >= 0.6 is 11.8 Å². The third kappa shape index (κ3) is 3.30. The molecule has 4 aliphatic carbocycles. The predicted octanol–water partition coefficient (Wildman–Crippen LogP) is 4.23. The minimum atomic E-state index is -1.96. The molecule has 3 saturated carbocycles. The van der Waals surface area contributed by atoms with Crippen LogP contribution < -0.4 is 0 Å². The Labute approximate surface area is 210 Å². The fourth-order valence-electron chi connectivity index (χ4n) is 7.98. The van der Waals surface area contributed by atoms with E-state index >= 15 is 4.39 Å². The first kappa shape index (κ1) is 24.8. The molecule has 35 heavy (non-hydrogen) atoms. The topological polar surface area (TPSA) is 87.5 Å². The Hall–Kier alpha value is -1.83. The fourth-order valence-corrected chi connectivity index (χ4v) is 8.87. The van der Waals surface area contributed by atoms with Gasteiger partial charge in [0.2, 0.25) is 0 Å². The van der Waals surface area contributed by atoms with Crippen molar-refractivity contribution >= 4 is 23.3 Å². The lowest BCUT2D eigenvalue weighted by Gasteiger charge is -2.62. The molecule has 0 aromatic carbocycles. The molecular formula is C28H34FNO4S. The smallest absolute Gasteiger partial charge is 0.178 e. The first-order valence-electron chi connectivity index (χ1n) is 12.5. The van der Waals surface area contributed by atoms with Crippen molar-refractivity contribution in [2.45, 2.75) is 69.6 Å². The summed E-state index contributed by atoms with van der Waals surface area (Å²) in [6.45, 7) is 5.54. The van der Waals surface area contributed by atoms with Crippen LogP contribution in [0, 0.1) is 28.6 Å². The molecule has 0 saturated heterocycles. The maximum Gasteiger partial charge on any atom is 0.178 e. The Morgan fingerprint density at radius 3 is 2.77 bits per heavy atom. The highest BCUT2D eigenvalue weighted by Gasteiger charge is 2.75. The molecule has 0 aliphatic heterocycles. The Morgan fingerprint density at radius 1 is 1.29 bits per heavy atom. The number of aliphatic hydroxyl groups excluding tert-OH is 1. The molecule has 4 aliphatic rings. The van der Waals surface area contributed by atoms with E-state index in [1.165, 1.54) is 23.9 Å². The standard InChI is InChI=1S/C28H34FNO4S/c1-17-12-22-21-8-7-18-13-20(31)9-10-25(18,2)27(21,29)23(32)14-26(22,3)28(17,34)24(33)16-35-15-19-6-4-5-11-30-19/h4-6,9-11,13,17,21-23,32,34H,7-8,12,14-16H2,1-3H3/t17-,21?,22?,23+,25?,26?,27+,28+/m1/s1. The van der Waals surface area contributed by atoms with Gasteiger partial charge in [-0.25, -0.2) is 4.39 Å². The predicted molar refractivity (Wildman–Crippen MR) is 133 cm³/mol. The molecule has 188 valence electrons. The van der Waals surface area contributed by atoms with E-state index < -0.39 is 34.1 Å². The monoisotopic (exact) mass is 499 g/mol. The highest BCUT2D eigenvalue weighted by atomic mass is 32.2. The first-order chi connectivity index (χ1) is 16.5. The molecule has 8 atom stereocenters. The van der Waals surface area contributed by atoms with E-state index in [0.717, 1.165) is 11.3 Å². The molecule has 4 unspecified atom stereocenters. The van der Waals surface area contributed by atoms with Gasteiger partial charge in [0.25, 0.3) is 0 Å². The van der Waals surface area contributed by atoms with E-state index in [-0.39, 0.29) is 35.6 Å². The number of carbonyl (C=O) groups excluding carboxylic acids is 2. The summed E-state index contributed by atoms with van der Waals surface area (Å²) < 4.78 is 17.2. The summed E-state index contributed by atoms with van der Waals surface area (Å²) in [4.78, 5) is 29.9. The number of ketones is 2. The zero-order chi connectivity index (χ0) is 25.2. The number of Topliss-reactive ketones (excluding diaryl/α,β-unsaturated/α-hetero) is 1. The molecular weight excluding hydrogens is 465 g/mol. The van der Waals surface area contributed by atoms with Crippen LogP contribution in [0.1, 0.15) is 52.1 Å². The van der Waals surface area contributed by atoms with E-state index in [4.69, 9.17) is 0 Å². The Morgan fingerprint density at radius 2 is 2.06 bits per heavy atom. The van der Waals surface area contributed by atoms with E-state index in [0.29, 0.717) is 25.0 Å². The molecule has 0 spiro atoms. The maximum atomic E-state index is 17.2. The number of aromatic nitrogens is 1. The van der Waals surface area contributed by atoms with Crippen molar-refractivity contribution in [3.63, 3.8) is 0 Å². The molecule has 0 bridgehead atoms. The van der Waals surface area contributed by atoms with Gasteiger partial charge in [-0.1, -0.05) is 31.6 Å². The molecule has 1 aromatic heterocycles. The number of rotatable bonds is 5. The van der Waals surface area contributed by atoms with E-state index in [1.807, 2.05) is 32.0 Å². The van der Waals surface area contributed by atoms with Crippen molar-refractivity contribution in [2.75, 3.05) is 5.75 Å². The number of hydrogen-bond donors (Lipinski definition) is 2. The van der Waals surface area contributed by atoms with Gasteiger partial charge in [0.15, 0.2) is 17.2 Å². The summed E-state index contributed by atoms with van der Waals surface area (Å²) in [5.41, 5.74) is -3.99. The molecule has 0 radical (unpaired) electrons. The minimum absolute atomic E-state index is 0.00676. The van der Waals surface area contributed by atoms with Crippen LogP contribution in [-0.4, -0.2) is 49.9 Å². The largest absolute Gasteiger partial charge is 0.390 e. The normalized spacial score (nSPS) is 44.3. The van der Waals surface area contributed by atoms with Crippen molar-refractivity contribution in [3.8, 4) is 0 Å². The van der Waals surface area contributed by atoms with Crippen molar-refractivity contribution < 1.29 is 24.2 Å². The average molecular weight is 500 g/mol. The van der Waals surface area contributed by atoms with Crippen molar-refractivity contribution in [1.29, 1.82) is 0 Å². The van der Waals surface area contributed by atoms with Gasteiger partial charge < -0.3 is 10.2 Å². The van der Waals surface area contributed by atoms with Crippen LogP contribution in [-0.2, 0) is 15.3 Å². The summed E-state index contributed by atoms with van der Waals surface area (Å²) in [7, 11) is 0. The maximum absolute atomic E-state index is 17.2. The number of allylic oxidation sites excluding steroid dienone is 4. The number of aliphatic hydroxyl groups is 2. The van der Waals surface area contributed by atoms with Gasteiger partial charge in [-0.3, -0.25) is 14.6 Å². The summed E-state index contributed by atoms with van der Waals surface area (Å²) in [5, 5.41) is 23.4. The van der Waals surface area contributed by atoms with Gasteiger partial charge in [0.05, 0.1) is 17.6 Å². The van der Waals surface area contributed by atoms with Crippen LogP contribution in [0.25, 0.3) is 0 Å². The van der Waals surface area contributed by atoms with Gasteiger partial charge in [0, 0.05) is 28.7 Å². The number of fused-ring (bicyclic) bond motifs is 5. The highest BCUT2D eigenvalue weighted by molar-refractivity contribution is 7.99. The van der Waals surface area contributed by atoms with Crippen molar-refractivity contribution in [3.05, 3.63) is 53.9 Å². The van der Waals surface area contributed by atoms with Gasteiger partial charge in [0.1, 0.15) is 5.60 Å². The Balaban J connectivity index is 1.43. The fraction of sp³-hybridized carbons (Fsp3) is 0.607. The Kier molecular flexibility index (Phi) is 5.93. The van der Waals surface area contributed by atoms with Crippen molar-refractivity contribution in [1.82, 2.24) is 4.98 Å². The molecule has 2 N–H and O–H groups in total. The third-order valence-corrected chi connectivity index (χ3v) is 10.8. The second kappa shape index (κ2) is 8.35. The van der Waals surface area contributed by atoms with E-state index in [1.54, 1.807) is 19.2 Å². The third-order valence-electron chi connectivity index (χ3n) is 9.86. The first-order valence-corrected chi connectivity index (χ1v) is 13.7. The van der Waals surface area contributed by atoms with Crippen LogP contribution in [0.5, 0.6) is 0 Å². The molecule has 5 nitrogen and oxygen atoms in total. The average Bonchev–Trinajstić information content (AvgIpc) is 3.02. The van der Waals surface area contributed by atoms with Crippen LogP contribution in [0.3, 0.4) is 0 Å². The van der Waals surface area contributed by atoms with Crippen molar-refractivity contribution in [2.24, 2.45) is 28.6 Å². The lowest BCUT2D eigenvalue weighted by atomic mass is 9.44. The zero-order valence-electron chi connectivity index (χ0n) is 20.5. The molecule has 3 fully saturated rings. The number of thioether (sulfide) groups is 1. The molecule has 1 aromatic rings. The van der Waals surface area contributed by atoms with Gasteiger partial charge in [-0.05, 0) is 68.7 Å². The molecule has 7 heteroatoms. The lowest BCUT2D eigenvalue weighted by Crippen LogP contribution is -2.69. The number of hydrogen-bond acceptors (Lipinski definition) is 6. The number of carbonyl (C=O) groups is 2. The number of nitrogens with zero attached hydrogens (tertiary/aromatic N) is 1. The van der Waals surface area contributed by atoms with Crippen LogP contribution in [0.4, 0.5) is 4.39 Å². The second-order valence-electron chi connectivity index (χ2n) is 11.4. The summed E-state index contributed by atoms with van der Waals surface area (Å²) in [5.74, 6) is -0.798. The van der Waals surface area contributed by atoms with Crippen LogP contribution in [0.2, 0.25) is 0 Å². The summed E-state index contributed by atoms with van der Waals surface area (Å²) in [6, 6.07) is 5.64. The van der Waals surface area contributed by atoms with Gasteiger partial charge >= 0.3 is 0 Å². The number of halogens is 1. The van der Waals surface area contributed by atoms with Gasteiger partial charge in [-0.15, -0.1) is 11.8 Å². The van der Waals surface area contributed by atoms with E-state index in [2.05, 4.69) is 4.98 Å². The SMILES string of the molecule is C[C@@H]1CC2C3CCC4=CC(=O)C=CC4(C)[C@@]3(F)[C@@H](O)CC2(C)[C@@]1(O)C(=O)CSCc1ccccn1. The molecule has 5 rings (SSSR count). The Bertz CT molecular complexity index is 1110. The quantitative estimate of drug-likeness (QED) is 0.631.